The Hall–Kier alpha value is -3.25. The minimum Gasteiger partial charge on any atom is -0.497 e. The van der Waals surface area contributed by atoms with Gasteiger partial charge in [-0.25, -0.2) is 4.98 Å². The number of carbonyl (C=O) groups excluding carboxylic acids is 1. The molecule has 0 saturated carbocycles. The van der Waals surface area contributed by atoms with Crippen molar-refractivity contribution in [2.24, 2.45) is 0 Å². The maximum Gasteiger partial charge on any atom is 0.257 e. The number of halogens is 1. The van der Waals surface area contributed by atoms with E-state index in [1.807, 2.05) is 19.1 Å². The van der Waals surface area contributed by atoms with Gasteiger partial charge in [0.05, 0.1) is 25.5 Å². The number of benzene rings is 2. The molecule has 2 aromatic carbocycles. The van der Waals surface area contributed by atoms with Gasteiger partial charge in [0.25, 0.3) is 5.91 Å². The van der Waals surface area contributed by atoms with Crippen molar-refractivity contribution in [2.45, 2.75) is 6.92 Å². The van der Waals surface area contributed by atoms with Crippen LogP contribution in [0.4, 0.5) is 17.2 Å². The zero-order valence-electron chi connectivity index (χ0n) is 15.7. The number of hydrogen-bond acceptors (Lipinski definition) is 5. The van der Waals surface area contributed by atoms with Crippen LogP contribution in [-0.2, 0) is 0 Å². The molecule has 144 valence electrons. The molecule has 0 unspecified atom stereocenters. The predicted octanol–water partition coefficient (Wildman–Crippen LogP) is 5.06. The lowest BCUT2D eigenvalue weighted by molar-refractivity contribution is 0.102. The highest BCUT2D eigenvalue weighted by atomic mass is 35.5. The van der Waals surface area contributed by atoms with E-state index in [1.165, 1.54) is 6.20 Å². The van der Waals surface area contributed by atoms with E-state index in [0.29, 0.717) is 33.6 Å². The molecule has 1 amide bonds. The molecule has 0 aliphatic heterocycles. The third-order valence-corrected chi connectivity index (χ3v) is 4.50. The summed E-state index contributed by atoms with van der Waals surface area (Å²) in [5, 5.41) is 6.62. The van der Waals surface area contributed by atoms with Gasteiger partial charge >= 0.3 is 0 Å². The number of aromatic nitrogens is 1. The Kier molecular flexibility index (Phi) is 6.01. The molecule has 0 aliphatic rings. The van der Waals surface area contributed by atoms with Gasteiger partial charge in [0.2, 0.25) is 0 Å². The molecule has 0 bridgehead atoms. The van der Waals surface area contributed by atoms with Gasteiger partial charge < -0.3 is 20.1 Å². The number of hydrogen-bond donors (Lipinski definition) is 2. The maximum absolute atomic E-state index is 12.4. The van der Waals surface area contributed by atoms with Crippen molar-refractivity contribution >= 4 is 34.7 Å². The quantitative estimate of drug-likeness (QED) is 0.608. The number of amides is 1. The van der Waals surface area contributed by atoms with Crippen LogP contribution in [0.5, 0.6) is 11.5 Å². The number of nitrogens with zero attached hydrogens (tertiary/aromatic N) is 1. The number of rotatable bonds is 6. The van der Waals surface area contributed by atoms with Crippen LogP contribution in [-0.4, -0.2) is 25.1 Å². The maximum atomic E-state index is 12.4. The number of aryl methyl sites for hydroxylation is 1. The molecule has 1 aromatic heterocycles. The summed E-state index contributed by atoms with van der Waals surface area (Å²) in [6, 6.07) is 14.2. The number of nitrogens with one attached hydrogen (secondary N) is 2. The van der Waals surface area contributed by atoms with Gasteiger partial charge in [0, 0.05) is 29.0 Å². The molecule has 0 spiro atoms. The Labute approximate surface area is 168 Å². The summed E-state index contributed by atoms with van der Waals surface area (Å²) in [5.41, 5.74) is 2.74. The van der Waals surface area contributed by atoms with Crippen molar-refractivity contribution in [2.75, 3.05) is 24.9 Å². The highest BCUT2D eigenvalue weighted by Crippen LogP contribution is 2.32. The SMILES string of the molecule is COc1cccc(NC(=O)c2ccc(Nc3cc(C)c(Cl)cc3OC)nc2)c1. The van der Waals surface area contributed by atoms with Gasteiger partial charge in [0.15, 0.2) is 0 Å². The Balaban J connectivity index is 1.73. The number of pyridine rings is 1. The Morgan fingerprint density at radius 1 is 1.07 bits per heavy atom. The van der Waals surface area contributed by atoms with Gasteiger partial charge in [0.1, 0.15) is 17.3 Å². The molecule has 28 heavy (non-hydrogen) atoms. The molecule has 0 fully saturated rings. The van der Waals surface area contributed by atoms with Gasteiger partial charge in [-0.3, -0.25) is 4.79 Å². The lowest BCUT2D eigenvalue weighted by Gasteiger charge is -2.13. The molecule has 6 nitrogen and oxygen atoms in total. The molecular weight excluding hydrogens is 378 g/mol. The van der Waals surface area contributed by atoms with E-state index in [2.05, 4.69) is 15.6 Å². The van der Waals surface area contributed by atoms with E-state index in [1.54, 1.807) is 50.6 Å². The molecular formula is C21H20ClN3O3. The molecule has 2 N–H and O–H groups in total. The smallest absolute Gasteiger partial charge is 0.257 e. The first kappa shape index (κ1) is 19.5. The minimum absolute atomic E-state index is 0.257. The molecule has 1 heterocycles. The highest BCUT2D eigenvalue weighted by Gasteiger charge is 2.10. The van der Waals surface area contributed by atoms with Gasteiger partial charge in [-0.1, -0.05) is 17.7 Å². The number of ether oxygens (including phenoxy) is 2. The lowest BCUT2D eigenvalue weighted by atomic mass is 10.2. The first-order chi connectivity index (χ1) is 13.5. The topological polar surface area (TPSA) is 72.5 Å². The van der Waals surface area contributed by atoms with Gasteiger partial charge in [-0.15, -0.1) is 0 Å². The van der Waals surface area contributed by atoms with Crippen LogP contribution in [0.15, 0.2) is 54.7 Å². The highest BCUT2D eigenvalue weighted by molar-refractivity contribution is 6.31. The normalized spacial score (nSPS) is 10.3. The van der Waals surface area contributed by atoms with Gasteiger partial charge in [-0.05, 0) is 42.8 Å². The summed E-state index contributed by atoms with van der Waals surface area (Å²) in [4.78, 5) is 16.7. The van der Waals surface area contributed by atoms with E-state index in [-0.39, 0.29) is 5.91 Å². The zero-order valence-corrected chi connectivity index (χ0v) is 16.5. The fraction of sp³-hybridized carbons (Fsp3) is 0.143. The van der Waals surface area contributed by atoms with Crippen LogP contribution in [0.2, 0.25) is 5.02 Å². The van der Waals surface area contributed by atoms with Crippen LogP contribution in [0.3, 0.4) is 0 Å². The number of methoxy groups -OCH3 is 2. The van der Waals surface area contributed by atoms with Crippen molar-refractivity contribution in [3.05, 3.63) is 70.9 Å². The third kappa shape index (κ3) is 4.53. The summed E-state index contributed by atoms with van der Waals surface area (Å²) in [6.07, 6.45) is 1.51. The zero-order chi connectivity index (χ0) is 20.1. The second-order valence-electron chi connectivity index (χ2n) is 6.04. The number of anilines is 3. The van der Waals surface area contributed by atoms with Crippen LogP contribution < -0.4 is 20.1 Å². The van der Waals surface area contributed by atoms with Crippen molar-refractivity contribution in [1.82, 2.24) is 4.98 Å². The monoisotopic (exact) mass is 397 g/mol. The average molecular weight is 398 g/mol. The van der Waals surface area contributed by atoms with E-state index in [4.69, 9.17) is 21.1 Å². The summed E-state index contributed by atoms with van der Waals surface area (Å²) < 4.78 is 10.5. The van der Waals surface area contributed by atoms with Crippen molar-refractivity contribution < 1.29 is 14.3 Å². The molecule has 0 saturated heterocycles. The number of carbonyl (C=O) groups is 1. The minimum atomic E-state index is -0.257. The van der Waals surface area contributed by atoms with E-state index in [9.17, 15) is 4.79 Å². The first-order valence-electron chi connectivity index (χ1n) is 8.53. The van der Waals surface area contributed by atoms with Crippen LogP contribution >= 0.6 is 11.6 Å². The van der Waals surface area contributed by atoms with E-state index in [0.717, 1.165) is 11.3 Å². The van der Waals surface area contributed by atoms with Crippen molar-refractivity contribution in [3.8, 4) is 11.5 Å². The predicted molar refractivity (Wildman–Crippen MR) is 111 cm³/mol. The van der Waals surface area contributed by atoms with Crippen LogP contribution in [0.25, 0.3) is 0 Å². The molecule has 7 heteroatoms. The molecule has 3 rings (SSSR count). The summed E-state index contributed by atoms with van der Waals surface area (Å²) in [5.74, 6) is 1.60. The van der Waals surface area contributed by atoms with Crippen molar-refractivity contribution in [3.63, 3.8) is 0 Å². The Morgan fingerprint density at radius 2 is 1.89 bits per heavy atom. The molecule has 0 aliphatic carbocycles. The fourth-order valence-corrected chi connectivity index (χ4v) is 2.73. The average Bonchev–Trinajstić information content (AvgIpc) is 2.71. The molecule has 0 atom stereocenters. The van der Waals surface area contributed by atoms with Crippen LogP contribution in [0.1, 0.15) is 15.9 Å². The summed E-state index contributed by atoms with van der Waals surface area (Å²) >= 11 is 6.13. The Morgan fingerprint density at radius 3 is 2.57 bits per heavy atom. The second-order valence-corrected chi connectivity index (χ2v) is 6.45. The lowest BCUT2D eigenvalue weighted by Crippen LogP contribution is -2.12. The summed E-state index contributed by atoms with van der Waals surface area (Å²) in [7, 11) is 3.15. The summed E-state index contributed by atoms with van der Waals surface area (Å²) in [6.45, 7) is 1.91. The largest absolute Gasteiger partial charge is 0.497 e. The second kappa shape index (κ2) is 8.63. The van der Waals surface area contributed by atoms with E-state index >= 15 is 0 Å². The molecule has 3 aromatic rings. The van der Waals surface area contributed by atoms with Crippen molar-refractivity contribution in [1.29, 1.82) is 0 Å². The standard InChI is InChI=1S/C21H20ClN3O3/c1-13-9-18(19(28-3)11-17(13)22)25-20-8-7-14(12-23-20)21(26)24-15-5-4-6-16(10-15)27-2/h4-12H,1-3H3,(H,23,25)(H,24,26). The first-order valence-corrected chi connectivity index (χ1v) is 8.90. The van der Waals surface area contributed by atoms with Gasteiger partial charge in [-0.2, -0.15) is 0 Å². The Bertz CT molecular complexity index is 991. The molecule has 0 radical (unpaired) electrons. The van der Waals surface area contributed by atoms with E-state index < -0.39 is 0 Å². The third-order valence-electron chi connectivity index (χ3n) is 4.10. The van der Waals surface area contributed by atoms with Crippen LogP contribution in [0, 0.1) is 6.92 Å². The fourth-order valence-electron chi connectivity index (χ4n) is 2.57.